The second-order valence-corrected chi connectivity index (χ2v) is 9.62. The van der Waals surface area contributed by atoms with E-state index in [4.69, 9.17) is 9.47 Å². The molecule has 0 aliphatic heterocycles. The zero-order chi connectivity index (χ0) is 29.0. The van der Waals surface area contributed by atoms with Crippen LogP contribution in [0.2, 0.25) is 0 Å². The molecule has 1 N–H and O–H groups in total. The van der Waals surface area contributed by atoms with E-state index in [0.29, 0.717) is 11.7 Å². The van der Waals surface area contributed by atoms with Crippen LogP contribution in [0.3, 0.4) is 0 Å². The van der Waals surface area contributed by atoms with Crippen molar-refractivity contribution in [3.8, 4) is 17.2 Å². The van der Waals surface area contributed by atoms with Gasteiger partial charge in [0.05, 0.1) is 17.7 Å². The van der Waals surface area contributed by atoms with Gasteiger partial charge in [0, 0.05) is 10.8 Å². The molecule has 0 atom stereocenters. The summed E-state index contributed by atoms with van der Waals surface area (Å²) in [4.78, 5) is 38.8. The molecule has 0 fully saturated rings. The van der Waals surface area contributed by atoms with Crippen LogP contribution in [0.1, 0.15) is 42.7 Å². The molecule has 2 aromatic heterocycles. The number of thiophene rings is 1. The first-order valence-electron chi connectivity index (χ1n) is 12.1. The average molecular weight is 576 g/mol. The molecular formula is C27H24F3N3O6S. The lowest BCUT2D eigenvalue weighted by Gasteiger charge is -2.12. The molecule has 13 heteroatoms. The van der Waals surface area contributed by atoms with Gasteiger partial charge in [0.15, 0.2) is 12.3 Å². The van der Waals surface area contributed by atoms with E-state index >= 15 is 0 Å². The first-order chi connectivity index (χ1) is 19.0. The molecular weight excluding hydrogens is 551 g/mol. The fourth-order valence-corrected chi connectivity index (χ4v) is 4.67. The summed E-state index contributed by atoms with van der Waals surface area (Å²) in [6.45, 7) is 5.41. The lowest BCUT2D eigenvalue weighted by Crippen LogP contribution is -2.26. The number of halogens is 3. The summed E-state index contributed by atoms with van der Waals surface area (Å²) in [5.41, 5.74) is 0.259. The number of ether oxygens (including phenoxy) is 3. The Morgan fingerprint density at radius 3 is 2.30 bits per heavy atom. The highest BCUT2D eigenvalue weighted by atomic mass is 32.1. The molecule has 9 nitrogen and oxygen atoms in total. The summed E-state index contributed by atoms with van der Waals surface area (Å²) in [5.74, 6) is -1.04. The number of amides is 1. The summed E-state index contributed by atoms with van der Waals surface area (Å²) in [5, 5.41) is 8.51. The molecule has 4 aromatic rings. The van der Waals surface area contributed by atoms with Gasteiger partial charge in [-0.15, -0.1) is 24.5 Å². The number of carbonyl (C=O) groups is 2. The molecule has 0 aliphatic rings. The number of aromatic nitrogens is 2. The minimum absolute atomic E-state index is 0.0201. The third-order valence-corrected chi connectivity index (χ3v) is 6.50. The molecule has 0 saturated heterocycles. The zero-order valence-electron chi connectivity index (χ0n) is 21.6. The normalized spacial score (nSPS) is 11.5. The maximum Gasteiger partial charge on any atom is 0.573 e. The Kier molecular flexibility index (Phi) is 8.43. The van der Waals surface area contributed by atoms with E-state index in [-0.39, 0.29) is 40.4 Å². The van der Waals surface area contributed by atoms with Crippen molar-refractivity contribution in [2.75, 3.05) is 18.5 Å². The average Bonchev–Trinajstić information content (AvgIpc) is 3.31. The maximum absolute atomic E-state index is 13.5. The highest BCUT2D eigenvalue weighted by Gasteiger charge is 2.31. The SMILES string of the molecule is CCOC(=O)c1nn(-c2ccc(OC(F)(F)F)cc2)c(=O)c2c(NC(=O)COc3ccc(C(C)C)cc3)scc12. The van der Waals surface area contributed by atoms with Crippen molar-refractivity contribution in [1.29, 1.82) is 0 Å². The van der Waals surface area contributed by atoms with E-state index in [2.05, 4.69) is 29.0 Å². The Balaban J connectivity index is 1.65. The second-order valence-electron chi connectivity index (χ2n) is 8.74. The van der Waals surface area contributed by atoms with Crippen LogP contribution in [0.15, 0.2) is 58.7 Å². The number of esters is 1. The monoisotopic (exact) mass is 575 g/mol. The van der Waals surface area contributed by atoms with Crippen LogP contribution in [0.25, 0.3) is 16.5 Å². The van der Waals surface area contributed by atoms with Crippen LogP contribution in [0.4, 0.5) is 18.2 Å². The number of anilines is 1. The molecule has 2 aromatic carbocycles. The summed E-state index contributed by atoms with van der Waals surface area (Å²) >= 11 is 1.00. The van der Waals surface area contributed by atoms with E-state index < -0.39 is 29.5 Å². The van der Waals surface area contributed by atoms with Crippen LogP contribution < -0.4 is 20.3 Å². The molecule has 210 valence electrons. The van der Waals surface area contributed by atoms with Crippen LogP contribution in [0.5, 0.6) is 11.5 Å². The molecule has 40 heavy (non-hydrogen) atoms. The molecule has 0 saturated carbocycles. The van der Waals surface area contributed by atoms with Crippen molar-refractivity contribution in [3.63, 3.8) is 0 Å². The summed E-state index contributed by atoms with van der Waals surface area (Å²) in [7, 11) is 0. The van der Waals surface area contributed by atoms with Crippen molar-refractivity contribution in [1.82, 2.24) is 9.78 Å². The molecule has 0 spiro atoms. The minimum atomic E-state index is -4.89. The van der Waals surface area contributed by atoms with E-state index in [1.54, 1.807) is 19.1 Å². The van der Waals surface area contributed by atoms with Gasteiger partial charge >= 0.3 is 12.3 Å². The first-order valence-corrected chi connectivity index (χ1v) is 12.9. The molecule has 2 heterocycles. The third kappa shape index (κ3) is 6.60. The van der Waals surface area contributed by atoms with E-state index in [9.17, 15) is 27.6 Å². The number of alkyl halides is 3. The minimum Gasteiger partial charge on any atom is -0.484 e. The number of nitrogens with one attached hydrogen (secondary N) is 1. The van der Waals surface area contributed by atoms with E-state index in [1.165, 1.54) is 17.5 Å². The fourth-order valence-electron chi connectivity index (χ4n) is 3.72. The number of hydrogen-bond donors (Lipinski definition) is 1. The summed E-state index contributed by atoms with van der Waals surface area (Å²) < 4.78 is 53.0. The Bertz CT molecular complexity index is 1580. The van der Waals surface area contributed by atoms with Gasteiger partial charge in [-0.25, -0.2) is 4.79 Å². The largest absolute Gasteiger partial charge is 0.573 e. The molecule has 0 radical (unpaired) electrons. The van der Waals surface area contributed by atoms with Crippen molar-refractivity contribution in [2.45, 2.75) is 33.1 Å². The Labute approximate surface area is 230 Å². The van der Waals surface area contributed by atoms with Crippen molar-refractivity contribution >= 4 is 39.0 Å². The molecule has 1 amide bonds. The van der Waals surface area contributed by atoms with Gasteiger partial charge in [-0.05, 0) is 54.8 Å². The number of fused-ring (bicyclic) bond motifs is 1. The summed E-state index contributed by atoms with van der Waals surface area (Å²) in [6.07, 6.45) is -4.89. The van der Waals surface area contributed by atoms with E-state index in [1.807, 2.05) is 12.1 Å². The predicted octanol–water partition coefficient (Wildman–Crippen LogP) is 5.66. The number of hydrogen-bond acceptors (Lipinski definition) is 8. The number of benzene rings is 2. The van der Waals surface area contributed by atoms with Gasteiger partial charge in [-0.2, -0.15) is 9.78 Å². The number of rotatable bonds is 9. The highest BCUT2D eigenvalue weighted by molar-refractivity contribution is 7.16. The molecule has 4 rings (SSSR count). The second kappa shape index (κ2) is 11.8. The van der Waals surface area contributed by atoms with Gasteiger partial charge in [-0.3, -0.25) is 9.59 Å². The summed E-state index contributed by atoms with van der Waals surface area (Å²) in [6, 6.07) is 11.7. The molecule has 0 unspecified atom stereocenters. The van der Waals surface area contributed by atoms with Crippen LogP contribution in [-0.4, -0.2) is 41.2 Å². The topological polar surface area (TPSA) is 109 Å². The fraction of sp³-hybridized carbons (Fsp3) is 0.259. The number of nitrogens with zero attached hydrogens (tertiary/aromatic N) is 2. The smallest absolute Gasteiger partial charge is 0.484 e. The number of carbonyl (C=O) groups excluding carboxylic acids is 2. The standard InChI is InChI=1S/C27H24F3N3O6S/c1-4-37-26(36)23-20-14-40-24(31-21(34)13-38-18-9-5-16(6-10-18)15(2)3)22(20)25(35)33(32-23)17-7-11-19(12-8-17)39-27(28,29)30/h5-12,14-15H,4,13H2,1-3H3,(H,31,34). The van der Waals surface area contributed by atoms with Crippen LogP contribution >= 0.6 is 11.3 Å². The predicted molar refractivity (Wildman–Crippen MR) is 143 cm³/mol. The van der Waals surface area contributed by atoms with Crippen molar-refractivity contribution in [3.05, 3.63) is 75.5 Å². The van der Waals surface area contributed by atoms with E-state index in [0.717, 1.165) is 33.7 Å². The van der Waals surface area contributed by atoms with Crippen molar-refractivity contribution < 1.29 is 37.0 Å². The third-order valence-electron chi connectivity index (χ3n) is 5.61. The van der Waals surface area contributed by atoms with Gasteiger partial charge in [0.1, 0.15) is 16.5 Å². The highest BCUT2D eigenvalue weighted by Crippen LogP contribution is 2.31. The zero-order valence-corrected chi connectivity index (χ0v) is 22.4. The van der Waals surface area contributed by atoms with Gasteiger partial charge < -0.3 is 19.5 Å². The lowest BCUT2D eigenvalue weighted by atomic mass is 10.0. The molecule has 0 bridgehead atoms. The quantitative estimate of drug-likeness (QED) is 0.257. The van der Waals surface area contributed by atoms with Gasteiger partial charge in [-0.1, -0.05) is 26.0 Å². The van der Waals surface area contributed by atoms with Gasteiger partial charge in [0.2, 0.25) is 0 Å². The lowest BCUT2D eigenvalue weighted by molar-refractivity contribution is -0.274. The van der Waals surface area contributed by atoms with Crippen molar-refractivity contribution in [2.24, 2.45) is 0 Å². The van der Waals surface area contributed by atoms with Crippen LogP contribution in [-0.2, 0) is 9.53 Å². The van der Waals surface area contributed by atoms with Crippen LogP contribution in [0, 0.1) is 0 Å². The molecule has 0 aliphatic carbocycles. The maximum atomic E-state index is 13.5. The Morgan fingerprint density at radius 2 is 1.70 bits per heavy atom. The Morgan fingerprint density at radius 1 is 1.05 bits per heavy atom. The first kappa shape index (κ1) is 28.6. The Hall–Kier alpha value is -4.39. The van der Waals surface area contributed by atoms with Gasteiger partial charge in [0.25, 0.3) is 11.5 Å².